The van der Waals surface area contributed by atoms with E-state index in [1.165, 1.54) is 17.5 Å². The van der Waals surface area contributed by atoms with E-state index >= 15 is 0 Å². The van der Waals surface area contributed by atoms with Crippen LogP contribution in [0.1, 0.15) is 30.0 Å². The molecule has 0 saturated heterocycles. The number of aryl methyl sites for hydroxylation is 1. The minimum Gasteiger partial charge on any atom is -0.325 e. The molecule has 15 heavy (non-hydrogen) atoms. The standard InChI is InChI=1S/C12H14N2O/c15-11-7-13-9-5-1-3-8-4-2-6-10(14-11)12(8)9/h2,4,6,9,13H,1,3,5,7H2,(H,14,15). The van der Waals surface area contributed by atoms with E-state index in [1.807, 2.05) is 12.1 Å². The van der Waals surface area contributed by atoms with Gasteiger partial charge in [0.05, 0.1) is 6.54 Å². The van der Waals surface area contributed by atoms with Gasteiger partial charge in [0.25, 0.3) is 0 Å². The lowest BCUT2D eigenvalue weighted by Crippen LogP contribution is -2.28. The van der Waals surface area contributed by atoms with Gasteiger partial charge in [-0.05, 0) is 36.5 Å². The topological polar surface area (TPSA) is 41.1 Å². The zero-order valence-electron chi connectivity index (χ0n) is 8.55. The van der Waals surface area contributed by atoms with Crippen LogP contribution in [-0.4, -0.2) is 12.5 Å². The van der Waals surface area contributed by atoms with Gasteiger partial charge in [-0.15, -0.1) is 0 Å². The molecule has 1 heterocycles. The molecule has 1 aliphatic heterocycles. The smallest absolute Gasteiger partial charge is 0.238 e. The van der Waals surface area contributed by atoms with Gasteiger partial charge in [0.1, 0.15) is 0 Å². The van der Waals surface area contributed by atoms with E-state index in [0.717, 1.165) is 18.5 Å². The van der Waals surface area contributed by atoms with Gasteiger partial charge in [0.15, 0.2) is 0 Å². The van der Waals surface area contributed by atoms with Crippen molar-refractivity contribution < 1.29 is 4.79 Å². The van der Waals surface area contributed by atoms with E-state index in [-0.39, 0.29) is 5.91 Å². The molecule has 1 amide bonds. The lowest BCUT2D eigenvalue weighted by molar-refractivity contribution is -0.115. The van der Waals surface area contributed by atoms with Gasteiger partial charge in [-0.1, -0.05) is 12.1 Å². The molecule has 0 radical (unpaired) electrons. The predicted molar refractivity (Wildman–Crippen MR) is 58.8 cm³/mol. The fourth-order valence-electron chi connectivity index (χ4n) is 2.61. The van der Waals surface area contributed by atoms with Gasteiger partial charge in [-0.25, -0.2) is 0 Å². The minimum absolute atomic E-state index is 0.0674. The van der Waals surface area contributed by atoms with Crippen LogP contribution in [0.2, 0.25) is 0 Å². The van der Waals surface area contributed by atoms with E-state index in [4.69, 9.17) is 0 Å². The number of rotatable bonds is 0. The molecular formula is C12H14N2O. The highest BCUT2D eigenvalue weighted by Crippen LogP contribution is 2.36. The highest BCUT2D eigenvalue weighted by molar-refractivity contribution is 5.94. The molecule has 1 aromatic carbocycles. The summed E-state index contributed by atoms with van der Waals surface area (Å²) >= 11 is 0. The maximum atomic E-state index is 11.5. The number of hydrogen-bond donors (Lipinski definition) is 2. The molecule has 0 saturated carbocycles. The molecule has 1 unspecified atom stereocenters. The Bertz CT molecular complexity index is 414. The number of anilines is 1. The maximum absolute atomic E-state index is 11.5. The Morgan fingerprint density at radius 1 is 1.33 bits per heavy atom. The van der Waals surface area contributed by atoms with Crippen molar-refractivity contribution in [2.24, 2.45) is 0 Å². The van der Waals surface area contributed by atoms with Gasteiger partial charge >= 0.3 is 0 Å². The Hall–Kier alpha value is -1.35. The van der Waals surface area contributed by atoms with Crippen LogP contribution in [0.25, 0.3) is 0 Å². The van der Waals surface area contributed by atoms with E-state index in [2.05, 4.69) is 16.7 Å². The van der Waals surface area contributed by atoms with Crippen molar-refractivity contribution in [2.75, 3.05) is 11.9 Å². The zero-order chi connectivity index (χ0) is 10.3. The third-order valence-corrected chi connectivity index (χ3v) is 3.27. The van der Waals surface area contributed by atoms with Gasteiger partial charge in [0, 0.05) is 11.7 Å². The minimum atomic E-state index is 0.0674. The van der Waals surface area contributed by atoms with Crippen molar-refractivity contribution >= 4 is 11.6 Å². The fourth-order valence-corrected chi connectivity index (χ4v) is 2.61. The Morgan fingerprint density at radius 3 is 3.20 bits per heavy atom. The summed E-state index contributed by atoms with van der Waals surface area (Å²) in [4.78, 5) is 11.5. The number of hydrogen-bond acceptors (Lipinski definition) is 2. The summed E-state index contributed by atoms with van der Waals surface area (Å²) in [5.74, 6) is 0.0674. The first-order valence-electron chi connectivity index (χ1n) is 5.49. The molecule has 2 N–H and O–H groups in total. The number of carbonyl (C=O) groups excluding carboxylic acids is 1. The van der Waals surface area contributed by atoms with Gasteiger partial charge < -0.3 is 10.6 Å². The number of amides is 1. The summed E-state index contributed by atoms with van der Waals surface area (Å²) in [7, 11) is 0. The van der Waals surface area contributed by atoms with E-state index in [1.54, 1.807) is 0 Å². The lowest BCUT2D eigenvalue weighted by Gasteiger charge is -2.25. The van der Waals surface area contributed by atoms with Crippen LogP contribution < -0.4 is 10.6 Å². The van der Waals surface area contributed by atoms with Gasteiger partial charge in [0.2, 0.25) is 5.91 Å². The molecule has 3 nitrogen and oxygen atoms in total. The van der Waals surface area contributed by atoms with Crippen LogP contribution in [0, 0.1) is 0 Å². The molecule has 0 fully saturated rings. The maximum Gasteiger partial charge on any atom is 0.238 e. The molecule has 78 valence electrons. The first-order chi connectivity index (χ1) is 7.34. The quantitative estimate of drug-likeness (QED) is 0.671. The van der Waals surface area contributed by atoms with Crippen LogP contribution in [0.3, 0.4) is 0 Å². The summed E-state index contributed by atoms with van der Waals surface area (Å²) in [5, 5.41) is 6.28. The number of carbonyl (C=O) groups is 1. The lowest BCUT2D eigenvalue weighted by atomic mass is 9.87. The second kappa shape index (κ2) is 3.35. The molecule has 1 aliphatic carbocycles. The average molecular weight is 202 g/mol. The highest BCUT2D eigenvalue weighted by Gasteiger charge is 2.26. The molecule has 0 aromatic heterocycles. The molecule has 0 spiro atoms. The molecule has 2 aliphatic rings. The Kier molecular flexibility index (Phi) is 1.99. The monoisotopic (exact) mass is 202 g/mol. The highest BCUT2D eigenvalue weighted by atomic mass is 16.1. The average Bonchev–Trinajstić information content (AvgIpc) is 2.41. The third kappa shape index (κ3) is 1.43. The first kappa shape index (κ1) is 8.92. The SMILES string of the molecule is O=C1CNC2CCCc3cccc(c32)N1. The van der Waals surface area contributed by atoms with E-state index < -0.39 is 0 Å². The summed E-state index contributed by atoms with van der Waals surface area (Å²) in [6.45, 7) is 0.429. The normalized spacial score (nSPS) is 24.0. The van der Waals surface area contributed by atoms with Crippen molar-refractivity contribution in [3.8, 4) is 0 Å². The van der Waals surface area contributed by atoms with Crippen LogP contribution in [-0.2, 0) is 11.2 Å². The summed E-state index contributed by atoms with van der Waals surface area (Å²) in [6, 6.07) is 6.57. The van der Waals surface area contributed by atoms with Crippen LogP contribution in [0.15, 0.2) is 18.2 Å². The fraction of sp³-hybridized carbons (Fsp3) is 0.417. The molecule has 1 atom stereocenters. The van der Waals surface area contributed by atoms with Gasteiger partial charge in [-0.2, -0.15) is 0 Å². The molecule has 1 aromatic rings. The van der Waals surface area contributed by atoms with Crippen molar-refractivity contribution in [3.63, 3.8) is 0 Å². The van der Waals surface area contributed by atoms with Crippen molar-refractivity contribution in [3.05, 3.63) is 29.3 Å². The molecular weight excluding hydrogens is 188 g/mol. The second-order valence-corrected chi connectivity index (χ2v) is 4.25. The largest absolute Gasteiger partial charge is 0.325 e. The molecule has 3 rings (SSSR count). The Morgan fingerprint density at radius 2 is 2.27 bits per heavy atom. The Labute approximate surface area is 88.9 Å². The molecule has 0 bridgehead atoms. The van der Waals surface area contributed by atoms with E-state index in [0.29, 0.717) is 12.6 Å². The van der Waals surface area contributed by atoms with Crippen molar-refractivity contribution in [2.45, 2.75) is 25.3 Å². The third-order valence-electron chi connectivity index (χ3n) is 3.27. The van der Waals surface area contributed by atoms with E-state index in [9.17, 15) is 4.79 Å². The van der Waals surface area contributed by atoms with Crippen LogP contribution >= 0.6 is 0 Å². The number of nitrogens with one attached hydrogen (secondary N) is 2. The summed E-state index contributed by atoms with van der Waals surface area (Å²) in [6.07, 6.45) is 3.48. The van der Waals surface area contributed by atoms with Crippen molar-refractivity contribution in [1.82, 2.24) is 5.32 Å². The van der Waals surface area contributed by atoms with Crippen LogP contribution in [0.5, 0.6) is 0 Å². The summed E-state index contributed by atoms with van der Waals surface area (Å²) < 4.78 is 0. The Balaban J connectivity index is 2.15. The summed E-state index contributed by atoms with van der Waals surface area (Å²) in [5.41, 5.74) is 3.71. The molecule has 3 heteroatoms. The first-order valence-corrected chi connectivity index (χ1v) is 5.49. The number of benzene rings is 1. The van der Waals surface area contributed by atoms with Gasteiger partial charge in [-0.3, -0.25) is 4.79 Å². The van der Waals surface area contributed by atoms with Crippen LogP contribution in [0.4, 0.5) is 5.69 Å². The second-order valence-electron chi connectivity index (χ2n) is 4.25. The van der Waals surface area contributed by atoms with Crippen molar-refractivity contribution in [1.29, 1.82) is 0 Å². The zero-order valence-corrected chi connectivity index (χ0v) is 8.55. The predicted octanol–water partition coefficient (Wildman–Crippen LogP) is 1.61.